The van der Waals surface area contributed by atoms with Crippen LogP contribution in [0.2, 0.25) is 0 Å². The van der Waals surface area contributed by atoms with E-state index in [2.05, 4.69) is 25.1 Å². The highest BCUT2D eigenvalue weighted by atomic mass is 16.5. The third-order valence-electron chi connectivity index (χ3n) is 1.30. The molecule has 0 atom stereocenters. The van der Waals surface area contributed by atoms with Gasteiger partial charge in [0.05, 0.1) is 7.11 Å². The molecule has 0 bridgehead atoms. The molecule has 6 heteroatoms. The summed E-state index contributed by atoms with van der Waals surface area (Å²) in [6, 6.07) is 0.342. The number of nitrogens with zero attached hydrogens (tertiary/aromatic N) is 4. The highest BCUT2D eigenvalue weighted by Crippen LogP contribution is 2.13. The van der Waals surface area contributed by atoms with E-state index >= 15 is 0 Å². The number of nitrogens with one attached hydrogen (secondary N) is 1. The van der Waals surface area contributed by atoms with Crippen LogP contribution in [0.1, 0.15) is 13.8 Å². The van der Waals surface area contributed by atoms with Gasteiger partial charge >= 0.3 is 12.0 Å². The Balaban J connectivity index is 3.00. The Hall–Kier alpha value is -1.90. The van der Waals surface area contributed by atoms with Crippen LogP contribution in [0.5, 0.6) is 6.01 Å². The average molecular weight is 193 g/mol. The van der Waals surface area contributed by atoms with Crippen molar-refractivity contribution in [2.24, 2.45) is 0 Å². The van der Waals surface area contributed by atoms with Crippen molar-refractivity contribution < 1.29 is 4.74 Å². The van der Waals surface area contributed by atoms with Gasteiger partial charge in [0.1, 0.15) is 0 Å². The van der Waals surface area contributed by atoms with Crippen molar-refractivity contribution in [3.05, 3.63) is 11.4 Å². The molecule has 0 aliphatic rings. The first kappa shape index (κ1) is 10.2. The molecule has 14 heavy (non-hydrogen) atoms. The third-order valence-corrected chi connectivity index (χ3v) is 1.30. The van der Waals surface area contributed by atoms with E-state index in [-0.39, 0.29) is 18.0 Å². The number of anilines is 1. The molecule has 1 aromatic heterocycles. The Bertz CT molecular complexity index is 357. The van der Waals surface area contributed by atoms with Gasteiger partial charge in [0, 0.05) is 6.04 Å². The molecular weight excluding hydrogens is 182 g/mol. The summed E-state index contributed by atoms with van der Waals surface area (Å²) in [7, 11) is 1.45. The van der Waals surface area contributed by atoms with E-state index in [1.807, 2.05) is 13.8 Å². The van der Waals surface area contributed by atoms with Gasteiger partial charge in [-0.05, 0) is 13.8 Å². The summed E-state index contributed by atoms with van der Waals surface area (Å²) < 4.78 is 4.83. The van der Waals surface area contributed by atoms with Crippen LogP contribution in [-0.4, -0.2) is 28.1 Å². The van der Waals surface area contributed by atoms with Gasteiger partial charge < -0.3 is 14.9 Å². The number of hydrogen-bond donors (Lipinski definition) is 1. The molecule has 1 N–H and O–H groups in total. The van der Waals surface area contributed by atoms with Crippen LogP contribution < -0.4 is 10.1 Å². The predicted octanol–water partition coefficient (Wildman–Crippen LogP) is 1.25. The molecule has 0 amide bonds. The number of methoxy groups -OCH3 is 1. The molecule has 0 spiro atoms. The molecule has 1 heterocycles. The van der Waals surface area contributed by atoms with Gasteiger partial charge in [-0.15, -0.1) is 16.5 Å². The van der Waals surface area contributed by atoms with Gasteiger partial charge in [0.2, 0.25) is 0 Å². The molecule has 1 aromatic rings. The zero-order valence-electron chi connectivity index (χ0n) is 8.27. The lowest BCUT2D eigenvalue weighted by Crippen LogP contribution is -2.13. The molecule has 6 nitrogen and oxygen atoms in total. The molecule has 0 saturated carbocycles. The van der Waals surface area contributed by atoms with Gasteiger partial charge in [-0.1, -0.05) is 4.98 Å². The number of hydrogen-bond acceptors (Lipinski definition) is 5. The highest BCUT2D eigenvalue weighted by molar-refractivity contribution is 5.36. The first-order chi connectivity index (χ1) is 6.65. The van der Waals surface area contributed by atoms with Crippen LogP contribution in [0.25, 0.3) is 4.85 Å². The van der Waals surface area contributed by atoms with Gasteiger partial charge in [-0.2, -0.15) is 0 Å². The molecule has 0 saturated heterocycles. The molecular formula is C8H11N5O. The number of aromatic nitrogens is 3. The van der Waals surface area contributed by atoms with Crippen molar-refractivity contribution in [3.8, 4) is 6.01 Å². The summed E-state index contributed by atoms with van der Waals surface area (Å²) in [4.78, 5) is 14.7. The van der Waals surface area contributed by atoms with Crippen molar-refractivity contribution in [2.45, 2.75) is 19.9 Å². The van der Waals surface area contributed by atoms with E-state index < -0.39 is 0 Å². The second-order valence-corrected chi connectivity index (χ2v) is 2.86. The highest BCUT2D eigenvalue weighted by Gasteiger charge is 2.10. The van der Waals surface area contributed by atoms with Gasteiger partial charge in [0.25, 0.3) is 5.95 Å². The van der Waals surface area contributed by atoms with Crippen molar-refractivity contribution >= 4 is 11.9 Å². The van der Waals surface area contributed by atoms with Crippen molar-refractivity contribution in [1.29, 1.82) is 0 Å². The number of rotatable bonds is 3. The SMILES string of the molecule is [C-]#[N+]c1nc(NC(C)C)nc(OC)n1. The van der Waals surface area contributed by atoms with E-state index in [0.29, 0.717) is 5.95 Å². The summed E-state index contributed by atoms with van der Waals surface area (Å²) in [6.07, 6.45) is 0. The molecule has 0 aliphatic carbocycles. The lowest BCUT2D eigenvalue weighted by Gasteiger charge is -2.05. The fraction of sp³-hybridized carbons (Fsp3) is 0.500. The van der Waals surface area contributed by atoms with E-state index in [9.17, 15) is 0 Å². The summed E-state index contributed by atoms with van der Waals surface area (Å²) in [5, 5.41) is 2.97. The fourth-order valence-corrected chi connectivity index (χ4v) is 0.810. The first-order valence-corrected chi connectivity index (χ1v) is 4.09. The standard InChI is InChI=1S/C8H11N5O/c1-5(2)10-7-11-6(9-3)12-8(13-7)14-4/h5H,1-2,4H3,(H,10,11,12,13). The summed E-state index contributed by atoms with van der Waals surface area (Å²) >= 11 is 0. The van der Waals surface area contributed by atoms with Gasteiger partial charge in [-0.3, -0.25) is 0 Å². The third kappa shape index (κ3) is 2.55. The lowest BCUT2D eigenvalue weighted by molar-refractivity contribution is 0.380. The average Bonchev–Trinajstić information content (AvgIpc) is 2.16. The van der Waals surface area contributed by atoms with Gasteiger partial charge in [-0.25, -0.2) is 0 Å². The van der Waals surface area contributed by atoms with Crippen molar-refractivity contribution in [1.82, 2.24) is 15.0 Å². The van der Waals surface area contributed by atoms with Crippen molar-refractivity contribution in [2.75, 3.05) is 12.4 Å². The zero-order chi connectivity index (χ0) is 10.6. The van der Waals surface area contributed by atoms with E-state index in [1.165, 1.54) is 7.11 Å². The monoisotopic (exact) mass is 193 g/mol. The normalized spacial score (nSPS) is 9.64. The Morgan fingerprint density at radius 2 is 2.07 bits per heavy atom. The molecule has 74 valence electrons. The zero-order valence-corrected chi connectivity index (χ0v) is 8.27. The molecule has 0 unspecified atom stereocenters. The minimum Gasteiger partial charge on any atom is -0.455 e. The maximum absolute atomic E-state index is 6.78. The first-order valence-electron chi connectivity index (χ1n) is 4.09. The minimum absolute atomic E-state index is 0.0278. The summed E-state index contributed by atoms with van der Waals surface area (Å²) in [5.74, 6) is 0.387. The Morgan fingerprint density at radius 3 is 2.57 bits per heavy atom. The van der Waals surface area contributed by atoms with Crippen LogP contribution in [0.3, 0.4) is 0 Å². The lowest BCUT2D eigenvalue weighted by atomic mass is 10.4. The minimum atomic E-state index is 0.0278. The van der Waals surface area contributed by atoms with Crippen molar-refractivity contribution in [3.63, 3.8) is 0 Å². The van der Waals surface area contributed by atoms with Gasteiger partial charge in [0.15, 0.2) is 0 Å². The second kappa shape index (κ2) is 4.37. The molecule has 0 radical (unpaired) electrons. The maximum Gasteiger partial charge on any atom is 0.384 e. The topological polar surface area (TPSA) is 64.3 Å². The molecule has 0 aromatic carbocycles. The van der Waals surface area contributed by atoms with Crippen LogP contribution in [0, 0.1) is 6.57 Å². The predicted molar refractivity (Wildman–Crippen MR) is 51.4 cm³/mol. The molecule has 0 aliphatic heterocycles. The molecule has 1 rings (SSSR count). The van der Waals surface area contributed by atoms with Crippen LogP contribution in [0.15, 0.2) is 0 Å². The number of ether oxygens (including phenoxy) is 1. The summed E-state index contributed by atoms with van der Waals surface area (Å²) in [5.41, 5.74) is 0. The largest absolute Gasteiger partial charge is 0.455 e. The molecule has 0 fully saturated rings. The van der Waals surface area contributed by atoms with Crippen LogP contribution in [-0.2, 0) is 0 Å². The van der Waals surface area contributed by atoms with Crippen LogP contribution in [0.4, 0.5) is 11.9 Å². The Morgan fingerprint density at radius 1 is 1.36 bits per heavy atom. The maximum atomic E-state index is 6.78. The summed E-state index contributed by atoms with van der Waals surface area (Å²) in [6.45, 7) is 10.7. The Labute approximate surface area is 82.2 Å². The van der Waals surface area contributed by atoms with E-state index in [1.54, 1.807) is 0 Å². The fourth-order valence-electron chi connectivity index (χ4n) is 0.810. The van der Waals surface area contributed by atoms with E-state index in [0.717, 1.165) is 0 Å². The second-order valence-electron chi connectivity index (χ2n) is 2.86. The quantitative estimate of drug-likeness (QED) is 0.732. The van der Waals surface area contributed by atoms with E-state index in [4.69, 9.17) is 11.3 Å². The van der Waals surface area contributed by atoms with Crippen LogP contribution >= 0.6 is 0 Å². The Kier molecular flexibility index (Phi) is 3.18. The smallest absolute Gasteiger partial charge is 0.384 e.